The highest BCUT2D eigenvalue weighted by Gasteiger charge is 2.33. The molecule has 3 rings (SSSR count). The Balaban J connectivity index is 1.59. The minimum Gasteiger partial charge on any atom is -0.465 e. The molecule has 2 fully saturated rings. The number of hydrogen-bond donors (Lipinski definition) is 1. The first-order valence-electron chi connectivity index (χ1n) is 9.88. The van der Waals surface area contributed by atoms with E-state index in [1.807, 2.05) is 6.20 Å². The van der Waals surface area contributed by atoms with E-state index in [9.17, 15) is 9.90 Å². The molecular formula is C19H32N4O2. The van der Waals surface area contributed by atoms with Crippen molar-refractivity contribution < 1.29 is 9.90 Å². The number of rotatable bonds is 4. The summed E-state index contributed by atoms with van der Waals surface area (Å²) >= 11 is 0. The minimum absolute atomic E-state index is 0.168. The van der Waals surface area contributed by atoms with Crippen LogP contribution in [0.5, 0.6) is 0 Å². The van der Waals surface area contributed by atoms with E-state index in [0.29, 0.717) is 18.5 Å². The van der Waals surface area contributed by atoms with Gasteiger partial charge in [0.2, 0.25) is 0 Å². The lowest BCUT2D eigenvalue weighted by molar-refractivity contribution is 0.105. The second kappa shape index (κ2) is 8.21. The predicted octanol–water partition coefficient (Wildman–Crippen LogP) is 3.39. The van der Waals surface area contributed by atoms with E-state index in [2.05, 4.69) is 34.5 Å². The van der Waals surface area contributed by atoms with E-state index in [0.717, 1.165) is 58.2 Å². The predicted molar refractivity (Wildman–Crippen MR) is 97.9 cm³/mol. The third kappa shape index (κ3) is 4.00. The van der Waals surface area contributed by atoms with Crippen molar-refractivity contribution in [2.24, 2.45) is 0 Å². The normalized spacial score (nSPS) is 26.6. The molecule has 6 heteroatoms. The van der Waals surface area contributed by atoms with Crippen molar-refractivity contribution in [3.63, 3.8) is 0 Å². The second-order valence-electron chi connectivity index (χ2n) is 7.45. The number of aryl methyl sites for hydroxylation is 1. The van der Waals surface area contributed by atoms with Crippen molar-refractivity contribution in [3.05, 3.63) is 18.2 Å². The van der Waals surface area contributed by atoms with Crippen LogP contribution < -0.4 is 0 Å². The number of amides is 1. The Kier molecular flexibility index (Phi) is 5.99. The Morgan fingerprint density at radius 1 is 1.24 bits per heavy atom. The van der Waals surface area contributed by atoms with Gasteiger partial charge < -0.3 is 19.5 Å². The summed E-state index contributed by atoms with van der Waals surface area (Å²) in [5.74, 6) is 1.81. The highest BCUT2D eigenvalue weighted by Crippen LogP contribution is 2.31. The Morgan fingerprint density at radius 3 is 2.64 bits per heavy atom. The van der Waals surface area contributed by atoms with Gasteiger partial charge in [-0.1, -0.05) is 6.92 Å². The zero-order valence-corrected chi connectivity index (χ0v) is 15.6. The number of nitrogens with zero attached hydrogens (tertiary/aromatic N) is 4. The Morgan fingerprint density at radius 2 is 2.00 bits per heavy atom. The van der Waals surface area contributed by atoms with Gasteiger partial charge in [0, 0.05) is 43.5 Å². The summed E-state index contributed by atoms with van der Waals surface area (Å²) in [6.45, 7) is 8.17. The van der Waals surface area contributed by atoms with Crippen LogP contribution in [0.2, 0.25) is 0 Å². The van der Waals surface area contributed by atoms with E-state index in [4.69, 9.17) is 0 Å². The summed E-state index contributed by atoms with van der Waals surface area (Å²) in [5, 5.41) is 9.45. The average Bonchev–Trinajstić information content (AvgIpc) is 3.00. The van der Waals surface area contributed by atoms with E-state index in [1.165, 1.54) is 5.82 Å². The summed E-state index contributed by atoms with van der Waals surface area (Å²) in [6.07, 6.45) is 9.56. The molecule has 0 saturated carbocycles. The van der Waals surface area contributed by atoms with Gasteiger partial charge in [-0.15, -0.1) is 0 Å². The van der Waals surface area contributed by atoms with Crippen LogP contribution >= 0.6 is 0 Å². The maximum absolute atomic E-state index is 11.5. The minimum atomic E-state index is -0.752. The maximum Gasteiger partial charge on any atom is 0.407 e. The van der Waals surface area contributed by atoms with Crippen LogP contribution in [0.3, 0.4) is 0 Å². The largest absolute Gasteiger partial charge is 0.465 e. The fourth-order valence-corrected chi connectivity index (χ4v) is 4.68. The molecule has 140 valence electrons. The van der Waals surface area contributed by atoms with Crippen molar-refractivity contribution in [1.82, 2.24) is 19.4 Å². The molecule has 6 nitrogen and oxygen atoms in total. The van der Waals surface area contributed by atoms with E-state index >= 15 is 0 Å². The molecule has 0 bridgehead atoms. The molecule has 2 atom stereocenters. The zero-order chi connectivity index (χ0) is 17.8. The number of likely N-dealkylation sites (tertiary alicyclic amines) is 2. The first-order valence-corrected chi connectivity index (χ1v) is 9.88. The van der Waals surface area contributed by atoms with Gasteiger partial charge in [-0.2, -0.15) is 0 Å². The van der Waals surface area contributed by atoms with Crippen LogP contribution in [0, 0.1) is 0 Å². The van der Waals surface area contributed by atoms with Crippen molar-refractivity contribution in [2.75, 3.05) is 19.6 Å². The Labute approximate surface area is 150 Å². The fourth-order valence-electron chi connectivity index (χ4n) is 4.68. The van der Waals surface area contributed by atoms with E-state index in [-0.39, 0.29) is 6.04 Å². The highest BCUT2D eigenvalue weighted by molar-refractivity contribution is 5.65. The number of carboxylic acid groups (broad SMARTS) is 1. The number of aromatic nitrogens is 2. The van der Waals surface area contributed by atoms with Crippen molar-refractivity contribution in [1.29, 1.82) is 0 Å². The fraction of sp³-hybridized carbons (Fsp3) is 0.789. The van der Waals surface area contributed by atoms with Crippen LogP contribution in [-0.4, -0.2) is 62.3 Å². The van der Waals surface area contributed by atoms with Crippen LogP contribution in [0.1, 0.15) is 64.1 Å². The zero-order valence-electron chi connectivity index (χ0n) is 15.6. The number of imidazole rings is 1. The molecule has 0 spiro atoms. The third-order valence-corrected chi connectivity index (χ3v) is 6.14. The van der Waals surface area contributed by atoms with Gasteiger partial charge >= 0.3 is 6.09 Å². The van der Waals surface area contributed by atoms with Gasteiger partial charge in [-0.25, -0.2) is 9.78 Å². The second-order valence-corrected chi connectivity index (χ2v) is 7.45. The summed E-state index contributed by atoms with van der Waals surface area (Å²) < 4.78 is 2.27. The Bertz CT molecular complexity index is 566. The molecule has 2 unspecified atom stereocenters. The molecule has 0 aliphatic carbocycles. The molecule has 3 heterocycles. The molecule has 1 aromatic heterocycles. The molecule has 1 N–H and O–H groups in total. The van der Waals surface area contributed by atoms with Gasteiger partial charge in [0.25, 0.3) is 0 Å². The summed E-state index contributed by atoms with van der Waals surface area (Å²) in [7, 11) is 0. The lowest BCUT2D eigenvalue weighted by atomic mass is 9.92. The molecule has 25 heavy (non-hydrogen) atoms. The standard InChI is InChI=1S/C19H32N4O2/c1-3-16-14-17(6-5-10-23(16)19(24)25)22-11-7-15(8-12-22)18-20-9-13-21(18)4-2/h9,13,15-17H,3-8,10-12,14H2,1-2H3,(H,24,25). The number of carbonyl (C=O) groups is 1. The van der Waals surface area contributed by atoms with E-state index < -0.39 is 6.09 Å². The molecule has 2 aliphatic heterocycles. The summed E-state index contributed by atoms with van der Waals surface area (Å²) in [5.41, 5.74) is 0. The van der Waals surface area contributed by atoms with E-state index in [1.54, 1.807) is 4.90 Å². The van der Waals surface area contributed by atoms with Crippen LogP contribution in [0.25, 0.3) is 0 Å². The maximum atomic E-state index is 11.5. The van der Waals surface area contributed by atoms with Crippen molar-refractivity contribution >= 4 is 6.09 Å². The summed E-state index contributed by atoms with van der Waals surface area (Å²) in [6, 6.07) is 0.697. The highest BCUT2D eigenvalue weighted by atomic mass is 16.4. The number of piperidine rings is 1. The molecular weight excluding hydrogens is 316 g/mol. The summed E-state index contributed by atoms with van der Waals surface area (Å²) in [4.78, 5) is 20.4. The third-order valence-electron chi connectivity index (χ3n) is 6.14. The molecule has 0 radical (unpaired) electrons. The Hall–Kier alpha value is -1.56. The SMILES string of the molecule is CCC1CC(N2CCC(c3nccn3CC)CC2)CCCN1C(=O)O. The molecule has 1 aromatic rings. The monoisotopic (exact) mass is 348 g/mol. The average molecular weight is 348 g/mol. The van der Waals surface area contributed by atoms with Crippen LogP contribution in [-0.2, 0) is 6.54 Å². The topological polar surface area (TPSA) is 61.6 Å². The molecule has 0 aromatic carbocycles. The lowest BCUT2D eigenvalue weighted by Crippen LogP contribution is -2.45. The van der Waals surface area contributed by atoms with Gasteiger partial charge in [0.1, 0.15) is 5.82 Å². The molecule has 2 saturated heterocycles. The van der Waals surface area contributed by atoms with Gasteiger partial charge in [0.05, 0.1) is 0 Å². The molecule has 2 aliphatic rings. The van der Waals surface area contributed by atoms with Crippen LogP contribution in [0.15, 0.2) is 12.4 Å². The van der Waals surface area contributed by atoms with Crippen LogP contribution in [0.4, 0.5) is 4.79 Å². The number of hydrogen-bond acceptors (Lipinski definition) is 3. The smallest absolute Gasteiger partial charge is 0.407 e. The first-order chi connectivity index (χ1) is 12.1. The first kappa shape index (κ1) is 18.2. The van der Waals surface area contributed by atoms with Crippen molar-refractivity contribution in [3.8, 4) is 0 Å². The van der Waals surface area contributed by atoms with Gasteiger partial charge in [0.15, 0.2) is 0 Å². The van der Waals surface area contributed by atoms with Crippen molar-refractivity contribution in [2.45, 2.75) is 76.9 Å². The van der Waals surface area contributed by atoms with Gasteiger partial charge in [-0.3, -0.25) is 0 Å². The lowest BCUT2D eigenvalue weighted by Gasteiger charge is -2.38. The quantitative estimate of drug-likeness (QED) is 0.906. The molecule has 1 amide bonds. The van der Waals surface area contributed by atoms with Gasteiger partial charge in [-0.05, 0) is 58.5 Å².